The highest BCUT2D eigenvalue weighted by atomic mass is 16.1. The summed E-state index contributed by atoms with van der Waals surface area (Å²) in [7, 11) is 0. The van der Waals surface area contributed by atoms with Crippen molar-refractivity contribution in [2.75, 3.05) is 16.8 Å². The van der Waals surface area contributed by atoms with Crippen molar-refractivity contribution >= 4 is 34.3 Å². The molecule has 3 aromatic rings. The second kappa shape index (κ2) is 7.48. The molecule has 3 rings (SSSR count). The summed E-state index contributed by atoms with van der Waals surface area (Å²) in [5.74, 6) is -0.158. The van der Waals surface area contributed by atoms with Gasteiger partial charge in [0, 0.05) is 16.9 Å². The number of anilines is 3. The van der Waals surface area contributed by atoms with Crippen LogP contribution in [0.1, 0.15) is 15.9 Å². The number of carbonyl (C=O) groups is 1. The van der Waals surface area contributed by atoms with Gasteiger partial charge in [0.05, 0.1) is 11.4 Å². The monoisotopic (exact) mass is 345 g/mol. The van der Waals surface area contributed by atoms with Crippen molar-refractivity contribution in [3.05, 3.63) is 77.9 Å². The van der Waals surface area contributed by atoms with Crippen LogP contribution >= 0.6 is 0 Å². The summed E-state index contributed by atoms with van der Waals surface area (Å²) < 4.78 is 0. The van der Waals surface area contributed by atoms with Crippen molar-refractivity contribution < 1.29 is 4.79 Å². The molecule has 6 heteroatoms. The summed E-state index contributed by atoms with van der Waals surface area (Å²) in [5, 5.41) is 11.1. The number of rotatable bonds is 4. The molecule has 3 aromatic carbocycles. The van der Waals surface area contributed by atoms with Crippen LogP contribution in [0.3, 0.4) is 0 Å². The molecule has 0 saturated heterocycles. The van der Waals surface area contributed by atoms with Gasteiger partial charge in [0.2, 0.25) is 0 Å². The third-order valence-electron chi connectivity index (χ3n) is 3.76. The van der Waals surface area contributed by atoms with E-state index in [1.807, 2.05) is 19.1 Å². The second-order valence-electron chi connectivity index (χ2n) is 5.89. The van der Waals surface area contributed by atoms with Crippen LogP contribution in [0, 0.1) is 6.92 Å². The Bertz CT molecular complexity index is 947. The zero-order chi connectivity index (χ0) is 18.5. The van der Waals surface area contributed by atoms with E-state index in [9.17, 15) is 4.79 Å². The summed E-state index contributed by atoms with van der Waals surface area (Å²) >= 11 is 0. The molecule has 0 saturated carbocycles. The first kappa shape index (κ1) is 17.2. The maximum absolute atomic E-state index is 12.2. The van der Waals surface area contributed by atoms with Crippen LogP contribution in [0.5, 0.6) is 0 Å². The Hall–Kier alpha value is -3.67. The number of benzene rings is 3. The molecule has 26 heavy (non-hydrogen) atoms. The Morgan fingerprint density at radius 2 is 1.58 bits per heavy atom. The molecule has 6 nitrogen and oxygen atoms in total. The molecule has 0 aromatic heterocycles. The average Bonchev–Trinajstić information content (AvgIpc) is 2.63. The number of amides is 1. The molecule has 0 aliphatic rings. The van der Waals surface area contributed by atoms with Crippen molar-refractivity contribution in [3.8, 4) is 0 Å². The summed E-state index contributed by atoms with van der Waals surface area (Å²) in [4.78, 5) is 12.2. The molecular formula is C20H19N5O. The van der Waals surface area contributed by atoms with Gasteiger partial charge in [-0.05, 0) is 61.5 Å². The zero-order valence-electron chi connectivity index (χ0n) is 14.3. The topological polar surface area (TPSA) is 106 Å². The number of nitrogen functional groups attached to an aromatic ring is 2. The van der Waals surface area contributed by atoms with Crippen molar-refractivity contribution in [2.24, 2.45) is 10.2 Å². The second-order valence-corrected chi connectivity index (χ2v) is 5.89. The number of hydrogen-bond acceptors (Lipinski definition) is 5. The van der Waals surface area contributed by atoms with Crippen molar-refractivity contribution in [1.29, 1.82) is 0 Å². The van der Waals surface area contributed by atoms with Crippen LogP contribution in [0.2, 0.25) is 0 Å². The van der Waals surface area contributed by atoms with Gasteiger partial charge in [0.1, 0.15) is 5.69 Å². The lowest BCUT2D eigenvalue weighted by Gasteiger charge is -2.06. The average molecular weight is 345 g/mol. The first-order chi connectivity index (χ1) is 12.5. The Morgan fingerprint density at radius 1 is 0.885 bits per heavy atom. The number of nitrogens with zero attached hydrogens (tertiary/aromatic N) is 2. The van der Waals surface area contributed by atoms with E-state index < -0.39 is 0 Å². The van der Waals surface area contributed by atoms with E-state index in [0.29, 0.717) is 34.0 Å². The highest BCUT2D eigenvalue weighted by Crippen LogP contribution is 2.26. The van der Waals surface area contributed by atoms with Crippen LogP contribution in [-0.2, 0) is 0 Å². The third-order valence-corrected chi connectivity index (χ3v) is 3.76. The Morgan fingerprint density at radius 3 is 2.23 bits per heavy atom. The summed E-state index contributed by atoms with van der Waals surface area (Å²) in [6.45, 7) is 1.98. The lowest BCUT2D eigenvalue weighted by atomic mass is 10.1. The summed E-state index contributed by atoms with van der Waals surface area (Å²) in [6, 6.07) is 19.5. The first-order valence-corrected chi connectivity index (χ1v) is 8.06. The number of aryl methyl sites for hydroxylation is 1. The minimum Gasteiger partial charge on any atom is -0.399 e. The normalized spacial score (nSPS) is 10.8. The molecule has 0 atom stereocenters. The van der Waals surface area contributed by atoms with Gasteiger partial charge in [0.15, 0.2) is 0 Å². The van der Waals surface area contributed by atoms with E-state index in [4.69, 9.17) is 11.5 Å². The van der Waals surface area contributed by atoms with Crippen LogP contribution < -0.4 is 16.8 Å². The van der Waals surface area contributed by atoms with Crippen molar-refractivity contribution in [1.82, 2.24) is 0 Å². The van der Waals surface area contributed by atoms with Crippen LogP contribution in [0.15, 0.2) is 77.0 Å². The van der Waals surface area contributed by atoms with Gasteiger partial charge in [-0.3, -0.25) is 4.79 Å². The minimum absolute atomic E-state index is 0.158. The third kappa shape index (κ3) is 4.24. The fraction of sp³-hybridized carbons (Fsp3) is 0.0500. The van der Waals surface area contributed by atoms with Gasteiger partial charge in [-0.15, -0.1) is 5.11 Å². The standard InChI is InChI=1S/C20H19N5O/c1-13-2-4-14(5-3-13)20(26)23-16-7-9-17(10-8-16)24-25-19-11-6-15(21)12-18(19)22/h2-12H,21-22H2,1H3,(H,23,26). The Balaban J connectivity index is 1.67. The van der Waals surface area contributed by atoms with Crippen LogP contribution in [-0.4, -0.2) is 5.91 Å². The van der Waals surface area contributed by atoms with Gasteiger partial charge in [-0.1, -0.05) is 17.7 Å². The molecule has 5 N–H and O–H groups in total. The van der Waals surface area contributed by atoms with Crippen molar-refractivity contribution in [2.45, 2.75) is 6.92 Å². The smallest absolute Gasteiger partial charge is 0.255 e. The first-order valence-electron chi connectivity index (χ1n) is 8.06. The fourth-order valence-corrected chi connectivity index (χ4v) is 2.30. The lowest BCUT2D eigenvalue weighted by Crippen LogP contribution is -2.11. The Kier molecular flexibility index (Phi) is 4.94. The SMILES string of the molecule is Cc1ccc(C(=O)Nc2ccc(N=Nc3ccc(N)cc3N)cc2)cc1. The van der Waals surface area contributed by atoms with Gasteiger partial charge in [0.25, 0.3) is 5.91 Å². The van der Waals surface area contributed by atoms with Gasteiger partial charge in [-0.2, -0.15) is 5.11 Å². The molecule has 0 fully saturated rings. The number of nitrogens with one attached hydrogen (secondary N) is 1. The maximum Gasteiger partial charge on any atom is 0.255 e. The van der Waals surface area contributed by atoms with Crippen LogP contribution in [0.4, 0.5) is 28.4 Å². The number of hydrogen-bond donors (Lipinski definition) is 3. The van der Waals surface area contributed by atoms with Crippen LogP contribution in [0.25, 0.3) is 0 Å². The summed E-state index contributed by atoms with van der Waals surface area (Å²) in [5.41, 5.74) is 16.1. The zero-order valence-corrected chi connectivity index (χ0v) is 14.3. The highest BCUT2D eigenvalue weighted by Gasteiger charge is 2.05. The van der Waals surface area contributed by atoms with E-state index in [0.717, 1.165) is 5.56 Å². The Labute approximate surface area is 151 Å². The van der Waals surface area contributed by atoms with Gasteiger partial charge < -0.3 is 16.8 Å². The molecule has 0 heterocycles. The van der Waals surface area contributed by atoms with Crippen molar-refractivity contribution in [3.63, 3.8) is 0 Å². The van der Waals surface area contributed by atoms with E-state index in [1.54, 1.807) is 54.6 Å². The number of azo groups is 1. The van der Waals surface area contributed by atoms with E-state index in [2.05, 4.69) is 15.5 Å². The number of carbonyl (C=O) groups excluding carboxylic acids is 1. The largest absolute Gasteiger partial charge is 0.399 e. The number of nitrogens with two attached hydrogens (primary N) is 2. The molecule has 130 valence electrons. The predicted octanol–water partition coefficient (Wildman–Crippen LogP) is 4.83. The van der Waals surface area contributed by atoms with Gasteiger partial charge >= 0.3 is 0 Å². The molecule has 0 aliphatic carbocycles. The fourth-order valence-electron chi connectivity index (χ4n) is 2.30. The molecule has 1 amide bonds. The quantitative estimate of drug-likeness (QED) is 0.466. The summed E-state index contributed by atoms with van der Waals surface area (Å²) in [6.07, 6.45) is 0. The molecule has 0 spiro atoms. The van der Waals surface area contributed by atoms with Gasteiger partial charge in [-0.25, -0.2) is 0 Å². The molecule has 0 radical (unpaired) electrons. The van der Waals surface area contributed by atoms with E-state index in [-0.39, 0.29) is 5.91 Å². The lowest BCUT2D eigenvalue weighted by molar-refractivity contribution is 0.102. The molecule has 0 unspecified atom stereocenters. The van der Waals surface area contributed by atoms with E-state index in [1.165, 1.54) is 0 Å². The minimum atomic E-state index is -0.158. The molecule has 0 aliphatic heterocycles. The molecule has 0 bridgehead atoms. The predicted molar refractivity (Wildman–Crippen MR) is 105 cm³/mol. The molecular weight excluding hydrogens is 326 g/mol. The maximum atomic E-state index is 12.2. The van der Waals surface area contributed by atoms with E-state index >= 15 is 0 Å². The highest BCUT2D eigenvalue weighted by molar-refractivity contribution is 6.04.